The highest BCUT2D eigenvalue weighted by Crippen LogP contribution is 2.03. The molecule has 1 heterocycles. The molecule has 0 spiro atoms. The lowest BCUT2D eigenvalue weighted by molar-refractivity contribution is 0.564. The van der Waals surface area contributed by atoms with Gasteiger partial charge in [0.1, 0.15) is 0 Å². The number of carbonyl (C=O) groups excluding carboxylic acids is 1. The summed E-state index contributed by atoms with van der Waals surface area (Å²) in [6, 6.07) is 3.52. The van der Waals surface area contributed by atoms with E-state index in [0.717, 1.165) is 5.56 Å². The number of rotatable bonds is 2. The van der Waals surface area contributed by atoms with Crippen LogP contribution in [0.1, 0.15) is 5.56 Å². The number of nitrogens with two attached hydrogens (primary N) is 1. The zero-order valence-electron chi connectivity index (χ0n) is 5.82. The summed E-state index contributed by atoms with van der Waals surface area (Å²) in [6.07, 6.45) is 6.01. The van der Waals surface area contributed by atoms with E-state index in [9.17, 15) is 4.79 Å². The largest absolute Gasteiger partial charge is 0.398 e. The van der Waals surface area contributed by atoms with E-state index in [1.54, 1.807) is 30.8 Å². The molecule has 0 aliphatic rings. The lowest BCUT2D eigenvalue weighted by atomic mass is 10.2. The Kier molecular flexibility index (Phi) is 2.38. The summed E-state index contributed by atoms with van der Waals surface area (Å²) in [5, 5.41) is 0. The number of hydrogen-bond donors (Lipinski definition) is 1. The molecule has 0 saturated heterocycles. The van der Waals surface area contributed by atoms with Crippen molar-refractivity contribution in [2.24, 2.45) is 5.73 Å². The Morgan fingerprint density at radius 1 is 1.73 bits per heavy atom. The van der Waals surface area contributed by atoms with Crippen LogP contribution in [0.5, 0.6) is 0 Å². The number of allylic oxidation sites excluding steroid dienone is 1. The van der Waals surface area contributed by atoms with Gasteiger partial charge in [-0.1, -0.05) is 0 Å². The molecule has 55 valence electrons. The van der Waals surface area contributed by atoms with Crippen molar-refractivity contribution in [3.05, 3.63) is 36.2 Å². The summed E-state index contributed by atoms with van der Waals surface area (Å²) in [5.74, 6) is 0. The minimum absolute atomic E-state index is 0.383. The molecule has 1 aromatic heterocycles. The minimum Gasteiger partial charge on any atom is -0.398 e. The van der Waals surface area contributed by atoms with Gasteiger partial charge in [0.05, 0.1) is 0 Å². The first-order chi connectivity index (χ1) is 5.34. The average molecular weight is 147 g/mol. The smallest absolute Gasteiger partial charge is 0.227 e. The van der Waals surface area contributed by atoms with Gasteiger partial charge in [-0.25, -0.2) is 0 Å². The molecule has 1 rings (SSSR count). The third-order valence-electron chi connectivity index (χ3n) is 1.21. The first kappa shape index (κ1) is 7.47. The SMILES string of the molecule is N/C(=C\[C]=O)c1cccnc1. The monoisotopic (exact) mass is 147 g/mol. The van der Waals surface area contributed by atoms with Gasteiger partial charge in [0.2, 0.25) is 6.29 Å². The zero-order chi connectivity index (χ0) is 8.10. The lowest BCUT2D eigenvalue weighted by Gasteiger charge is -1.96. The molecule has 0 bridgehead atoms. The van der Waals surface area contributed by atoms with Gasteiger partial charge in [-0.15, -0.1) is 0 Å². The van der Waals surface area contributed by atoms with Gasteiger partial charge in [-0.2, -0.15) is 0 Å². The molecule has 0 fully saturated rings. The van der Waals surface area contributed by atoms with Crippen molar-refractivity contribution in [2.75, 3.05) is 0 Å². The molecule has 0 atom stereocenters. The maximum absolute atomic E-state index is 9.89. The molecule has 0 aromatic carbocycles. The maximum Gasteiger partial charge on any atom is 0.227 e. The van der Waals surface area contributed by atoms with Crippen LogP contribution >= 0.6 is 0 Å². The van der Waals surface area contributed by atoms with Crippen LogP contribution in [0.3, 0.4) is 0 Å². The summed E-state index contributed by atoms with van der Waals surface area (Å²) in [4.78, 5) is 13.7. The maximum atomic E-state index is 9.89. The van der Waals surface area contributed by atoms with Gasteiger partial charge in [0.15, 0.2) is 0 Å². The lowest BCUT2D eigenvalue weighted by Crippen LogP contribution is -1.96. The van der Waals surface area contributed by atoms with Gasteiger partial charge >= 0.3 is 0 Å². The van der Waals surface area contributed by atoms with Crippen LogP contribution in [0.4, 0.5) is 0 Å². The Hall–Kier alpha value is -1.64. The Labute approximate surface area is 64.6 Å². The minimum atomic E-state index is 0.383. The first-order valence-corrected chi connectivity index (χ1v) is 3.08. The number of nitrogens with zero attached hydrogens (tertiary/aromatic N) is 1. The summed E-state index contributed by atoms with van der Waals surface area (Å²) < 4.78 is 0. The van der Waals surface area contributed by atoms with Gasteiger partial charge in [0.25, 0.3) is 0 Å². The molecule has 1 radical (unpaired) electrons. The van der Waals surface area contributed by atoms with Crippen molar-refractivity contribution in [1.82, 2.24) is 4.98 Å². The van der Waals surface area contributed by atoms with Gasteiger partial charge in [-0.3, -0.25) is 9.78 Å². The summed E-state index contributed by atoms with van der Waals surface area (Å²) >= 11 is 0. The molecule has 3 nitrogen and oxygen atoms in total. The van der Waals surface area contributed by atoms with E-state index in [1.807, 2.05) is 0 Å². The Balaban J connectivity index is 2.94. The van der Waals surface area contributed by atoms with Crippen molar-refractivity contribution in [3.8, 4) is 0 Å². The van der Waals surface area contributed by atoms with Gasteiger partial charge in [0, 0.05) is 29.7 Å². The second-order valence-electron chi connectivity index (χ2n) is 1.96. The fourth-order valence-electron chi connectivity index (χ4n) is 0.680. The number of hydrogen-bond acceptors (Lipinski definition) is 3. The average Bonchev–Trinajstić information content (AvgIpc) is 2.07. The summed E-state index contributed by atoms with van der Waals surface area (Å²) in [5.41, 5.74) is 6.58. The molecule has 0 unspecified atom stereocenters. The third-order valence-corrected chi connectivity index (χ3v) is 1.21. The van der Waals surface area contributed by atoms with Crippen LogP contribution in [0.15, 0.2) is 30.6 Å². The molecule has 3 heteroatoms. The predicted molar refractivity (Wildman–Crippen MR) is 42.1 cm³/mol. The van der Waals surface area contributed by atoms with Crippen LogP contribution in [0, 0.1) is 0 Å². The molecule has 1 aromatic rings. The van der Waals surface area contributed by atoms with E-state index < -0.39 is 0 Å². The Morgan fingerprint density at radius 2 is 2.55 bits per heavy atom. The van der Waals surface area contributed by atoms with E-state index in [1.165, 1.54) is 6.08 Å². The predicted octanol–water partition coefficient (Wildman–Crippen LogP) is 0.491. The van der Waals surface area contributed by atoms with Crippen LogP contribution in [0.25, 0.3) is 5.70 Å². The van der Waals surface area contributed by atoms with Crippen molar-refractivity contribution in [3.63, 3.8) is 0 Å². The Bertz CT molecular complexity index is 267. The number of pyridine rings is 1. The van der Waals surface area contributed by atoms with E-state index in [0.29, 0.717) is 5.70 Å². The molecule has 2 N–H and O–H groups in total. The highest BCUT2D eigenvalue weighted by molar-refractivity contribution is 5.80. The molecule has 0 aliphatic carbocycles. The topological polar surface area (TPSA) is 56.0 Å². The second kappa shape index (κ2) is 3.51. The first-order valence-electron chi connectivity index (χ1n) is 3.08. The highest BCUT2D eigenvalue weighted by atomic mass is 16.1. The fraction of sp³-hybridized carbons (Fsp3) is 0. The second-order valence-corrected chi connectivity index (χ2v) is 1.96. The standard InChI is InChI=1S/C8H7N2O/c9-8(3-5-11)7-2-1-4-10-6-7/h1-4,6H,9H2/b8-3-. The van der Waals surface area contributed by atoms with Gasteiger partial charge in [-0.05, 0) is 12.1 Å². The third kappa shape index (κ3) is 1.89. The summed E-state index contributed by atoms with van der Waals surface area (Å²) in [6.45, 7) is 0. The molecule has 0 aliphatic heterocycles. The van der Waals surface area contributed by atoms with E-state index in [2.05, 4.69) is 4.98 Å². The highest BCUT2D eigenvalue weighted by Gasteiger charge is 1.92. The van der Waals surface area contributed by atoms with Crippen molar-refractivity contribution in [2.45, 2.75) is 0 Å². The van der Waals surface area contributed by atoms with Crippen molar-refractivity contribution >= 4 is 12.0 Å². The number of aromatic nitrogens is 1. The van der Waals surface area contributed by atoms with E-state index in [-0.39, 0.29) is 0 Å². The molecule has 11 heavy (non-hydrogen) atoms. The van der Waals surface area contributed by atoms with Crippen LogP contribution in [-0.4, -0.2) is 11.3 Å². The van der Waals surface area contributed by atoms with Crippen LogP contribution in [0.2, 0.25) is 0 Å². The van der Waals surface area contributed by atoms with Gasteiger partial charge < -0.3 is 5.73 Å². The normalized spacial score (nSPS) is 11.1. The van der Waals surface area contributed by atoms with E-state index >= 15 is 0 Å². The summed E-state index contributed by atoms with van der Waals surface area (Å²) in [7, 11) is 0. The van der Waals surface area contributed by atoms with Crippen LogP contribution in [-0.2, 0) is 4.79 Å². The quantitative estimate of drug-likeness (QED) is 0.619. The Morgan fingerprint density at radius 3 is 3.09 bits per heavy atom. The van der Waals surface area contributed by atoms with E-state index in [4.69, 9.17) is 5.73 Å². The molecular formula is C8H7N2O. The van der Waals surface area contributed by atoms with Crippen LogP contribution < -0.4 is 5.73 Å². The molecular weight excluding hydrogens is 140 g/mol. The zero-order valence-corrected chi connectivity index (χ0v) is 5.82. The molecule has 0 saturated carbocycles. The molecule has 0 amide bonds. The fourth-order valence-corrected chi connectivity index (χ4v) is 0.680. The van der Waals surface area contributed by atoms with Crippen molar-refractivity contribution < 1.29 is 4.79 Å². The van der Waals surface area contributed by atoms with Crippen molar-refractivity contribution in [1.29, 1.82) is 0 Å².